The molecule has 6 heteroatoms. The first-order valence-electron chi connectivity index (χ1n) is 6.45. The second-order valence-electron chi connectivity index (χ2n) is 4.88. The molecule has 1 fully saturated rings. The van der Waals surface area contributed by atoms with Gasteiger partial charge in [-0.2, -0.15) is 5.10 Å². The first kappa shape index (κ1) is 14.9. The molecule has 2 heterocycles. The SMILES string of the molecule is Cl.Fc1ccc(-c2cc([C@H]3CCCNC3)[nH]n2)c(F)c1. The minimum atomic E-state index is -0.584. The summed E-state index contributed by atoms with van der Waals surface area (Å²) in [5.74, 6) is -0.771. The lowest BCUT2D eigenvalue weighted by Gasteiger charge is -2.21. The largest absolute Gasteiger partial charge is 0.316 e. The third-order valence-electron chi connectivity index (χ3n) is 3.54. The third-order valence-corrected chi connectivity index (χ3v) is 3.54. The molecular weight excluding hydrogens is 284 g/mol. The van der Waals surface area contributed by atoms with Crippen LogP contribution >= 0.6 is 12.4 Å². The number of rotatable bonds is 2. The van der Waals surface area contributed by atoms with Gasteiger partial charge in [-0.25, -0.2) is 8.78 Å². The van der Waals surface area contributed by atoms with Crippen molar-refractivity contribution < 1.29 is 8.78 Å². The summed E-state index contributed by atoms with van der Waals surface area (Å²) < 4.78 is 26.6. The van der Waals surface area contributed by atoms with Crippen molar-refractivity contribution >= 4 is 12.4 Å². The van der Waals surface area contributed by atoms with Crippen molar-refractivity contribution in [1.29, 1.82) is 0 Å². The second-order valence-corrected chi connectivity index (χ2v) is 4.88. The van der Waals surface area contributed by atoms with E-state index in [0.29, 0.717) is 17.2 Å². The molecule has 108 valence electrons. The van der Waals surface area contributed by atoms with Crippen LogP contribution in [0.5, 0.6) is 0 Å². The zero-order valence-electron chi connectivity index (χ0n) is 10.8. The quantitative estimate of drug-likeness (QED) is 0.894. The first-order chi connectivity index (χ1) is 9.24. The van der Waals surface area contributed by atoms with E-state index in [1.54, 1.807) is 0 Å². The third kappa shape index (κ3) is 2.99. The Bertz CT molecular complexity index is 580. The van der Waals surface area contributed by atoms with Gasteiger partial charge in [-0.3, -0.25) is 5.10 Å². The van der Waals surface area contributed by atoms with E-state index in [1.807, 2.05) is 6.07 Å². The van der Waals surface area contributed by atoms with E-state index in [4.69, 9.17) is 0 Å². The number of nitrogens with one attached hydrogen (secondary N) is 2. The standard InChI is InChI=1S/C14H15F2N3.ClH/c15-10-3-4-11(12(16)6-10)14-7-13(18-19-14)9-2-1-5-17-8-9;/h3-4,6-7,9,17H,1-2,5,8H2,(H,18,19);1H/t9-;/m0./s1. The smallest absolute Gasteiger partial charge is 0.135 e. The van der Waals surface area contributed by atoms with Gasteiger partial charge in [-0.15, -0.1) is 12.4 Å². The molecule has 0 spiro atoms. The van der Waals surface area contributed by atoms with E-state index in [1.165, 1.54) is 12.1 Å². The molecule has 3 nitrogen and oxygen atoms in total. The van der Waals surface area contributed by atoms with E-state index in [9.17, 15) is 8.78 Å². The number of aromatic nitrogens is 2. The fraction of sp³-hybridized carbons (Fsp3) is 0.357. The molecule has 2 N–H and O–H groups in total. The minimum Gasteiger partial charge on any atom is -0.316 e. The van der Waals surface area contributed by atoms with E-state index >= 15 is 0 Å². The van der Waals surface area contributed by atoms with Gasteiger partial charge in [0.05, 0.1) is 5.69 Å². The number of H-pyrrole nitrogens is 1. The van der Waals surface area contributed by atoms with Crippen LogP contribution in [0.2, 0.25) is 0 Å². The van der Waals surface area contributed by atoms with Crippen LogP contribution in [0.25, 0.3) is 11.3 Å². The summed E-state index contributed by atoms with van der Waals surface area (Å²) in [4.78, 5) is 0. The number of nitrogens with zero attached hydrogens (tertiary/aromatic N) is 1. The molecule has 1 aliphatic heterocycles. The van der Waals surface area contributed by atoms with Gasteiger partial charge in [0, 0.05) is 29.8 Å². The van der Waals surface area contributed by atoms with Crippen LogP contribution in [0.4, 0.5) is 8.78 Å². The Kier molecular flexibility index (Phi) is 4.73. The molecule has 0 unspecified atom stereocenters. The monoisotopic (exact) mass is 299 g/mol. The van der Waals surface area contributed by atoms with Crippen molar-refractivity contribution in [2.45, 2.75) is 18.8 Å². The molecule has 3 rings (SSSR count). The summed E-state index contributed by atoms with van der Waals surface area (Å²) in [7, 11) is 0. The average molecular weight is 300 g/mol. The molecular formula is C14H16ClF2N3. The minimum absolute atomic E-state index is 0. The van der Waals surface area contributed by atoms with E-state index in [2.05, 4.69) is 15.5 Å². The van der Waals surface area contributed by atoms with Gasteiger partial charge in [0.15, 0.2) is 0 Å². The van der Waals surface area contributed by atoms with Gasteiger partial charge in [0.2, 0.25) is 0 Å². The van der Waals surface area contributed by atoms with Crippen LogP contribution in [-0.2, 0) is 0 Å². The average Bonchev–Trinajstić information content (AvgIpc) is 2.89. The molecule has 0 radical (unpaired) electrons. The Labute approximate surface area is 122 Å². The van der Waals surface area contributed by atoms with Gasteiger partial charge in [0.25, 0.3) is 0 Å². The number of benzene rings is 1. The predicted molar refractivity (Wildman–Crippen MR) is 76.0 cm³/mol. The van der Waals surface area contributed by atoms with Crippen LogP contribution in [0.3, 0.4) is 0 Å². The zero-order valence-corrected chi connectivity index (χ0v) is 11.6. The van der Waals surface area contributed by atoms with E-state index < -0.39 is 11.6 Å². The van der Waals surface area contributed by atoms with Crippen LogP contribution in [0.1, 0.15) is 24.5 Å². The Morgan fingerprint density at radius 2 is 2.05 bits per heavy atom. The fourth-order valence-corrected chi connectivity index (χ4v) is 2.50. The molecule has 0 amide bonds. The van der Waals surface area contributed by atoms with E-state index in [-0.39, 0.29) is 12.4 Å². The Morgan fingerprint density at radius 1 is 1.20 bits per heavy atom. The lowest BCUT2D eigenvalue weighted by atomic mass is 9.96. The second kappa shape index (κ2) is 6.33. The molecule has 1 aromatic carbocycles. The highest BCUT2D eigenvalue weighted by molar-refractivity contribution is 5.85. The molecule has 20 heavy (non-hydrogen) atoms. The van der Waals surface area contributed by atoms with Gasteiger partial charge in [-0.05, 0) is 37.6 Å². The summed E-state index contributed by atoms with van der Waals surface area (Å²) in [5.41, 5.74) is 1.86. The number of piperidine rings is 1. The van der Waals surface area contributed by atoms with Gasteiger partial charge >= 0.3 is 0 Å². The molecule has 0 bridgehead atoms. The van der Waals surface area contributed by atoms with Crippen LogP contribution in [-0.4, -0.2) is 23.3 Å². The molecule has 1 saturated heterocycles. The zero-order chi connectivity index (χ0) is 13.2. The predicted octanol–water partition coefficient (Wildman–Crippen LogP) is 3.24. The summed E-state index contributed by atoms with van der Waals surface area (Å²) in [6.07, 6.45) is 2.23. The fourth-order valence-electron chi connectivity index (χ4n) is 2.50. The summed E-state index contributed by atoms with van der Waals surface area (Å²) in [5, 5.41) is 10.4. The molecule has 2 aromatic rings. The van der Waals surface area contributed by atoms with Gasteiger partial charge in [0.1, 0.15) is 11.6 Å². The Balaban J connectivity index is 0.00000147. The van der Waals surface area contributed by atoms with Crippen LogP contribution in [0.15, 0.2) is 24.3 Å². The highest BCUT2D eigenvalue weighted by Crippen LogP contribution is 2.27. The Morgan fingerprint density at radius 3 is 2.75 bits per heavy atom. The number of hydrogen-bond donors (Lipinski definition) is 2. The Hall–Kier alpha value is -1.46. The summed E-state index contributed by atoms with van der Waals surface area (Å²) >= 11 is 0. The summed E-state index contributed by atoms with van der Waals surface area (Å²) in [6.45, 7) is 1.96. The van der Waals surface area contributed by atoms with Crippen LogP contribution < -0.4 is 5.32 Å². The first-order valence-corrected chi connectivity index (χ1v) is 6.45. The lowest BCUT2D eigenvalue weighted by molar-refractivity contribution is 0.454. The van der Waals surface area contributed by atoms with Crippen molar-refractivity contribution in [2.24, 2.45) is 0 Å². The van der Waals surface area contributed by atoms with Crippen molar-refractivity contribution in [3.05, 3.63) is 41.6 Å². The van der Waals surface area contributed by atoms with Gasteiger partial charge < -0.3 is 5.32 Å². The van der Waals surface area contributed by atoms with E-state index in [0.717, 1.165) is 37.7 Å². The van der Waals surface area contributed by atoms with Crippen LogP contribution in [0, 0.1) is 11.6 Å². The highest BCUT2D eigenvalue weighted by Gasteiger charge is 2.18. The maximum Gasteiger partial charge on any atom is 0.135 e. The maximum atomic E-state index is 13.7. The molecule has 1 atom stereocenters. The normalized spacial score (nSPS) is 18.6. The molecule has 0 aliphatic carbocycles. The van der Waals surface area contributed by atoms with Gasteiger partial charge in [-0.1, -0.05) is 0 Å². The lowest BCUT2D eigenvalue weighted by Crippen LogP contribution is -2.28. The van der Waals surface area contributed by atoms with Crippen molar-refractivity contribution in [1.82, 2.24) is 15.5 Å². The van der Waals surface area contributed by atoms with Crippen molar-refractivity contribution in [3.63, 3.8) is 0 Å². The molecule has 0 saturated carbocycles. The topological polar surface area (TPSA) is 40.7 Å². The number of aromatic amines is 1. The molecule has 1 aromatic heterocycles. The summed E-state index contributed by atoms with van der Waals surface area (Å²) in [6, 6.07) is 5.40. The van der Waals surface area contributed by atoms with Crippen molar-refractivity contribution in [3.8, 4) is 11.3 Å². The number of halogens is 3. The maximum absolute atomic E-state index is 13.7. The molecule has 1 aliphatic rings. The number of hydrogen-bond acceptors (Lipinski definition) is 2. The van der Waals surface area contributed by atoms with Crippen molar-refractivity contribution in [2.75, 3.05) is 13.1 Å². The highest BCUT2D eigenvalue weighted by atomic mass is 35.5.